The normalized spacial score (nSPS) is 11.4. The van der Waals surface area contributed by atoms with Crippen LogP contribution in [0.5, 0.6) is 0 Å². The van der Waals surface area contributed by atoms with E-state index in [1.165, 1.54) is 10.4 Å². The molecule has 0 radical (unpaired) electrons. The van der Waals surface area contributed by atoms with E-state index in [4.69, 9.17) is 0 Å². The number of hydrogen-bond acceptors (Lipinski definition) is 4. The molecular weight excluding hydrogens is 238 g/mol. The zero-order valence-electron chi connectivity index (χ0n) is 9.10. The van der Waals surface area contributed by atoms with Gasteiger partial charge in [-0.1, -0.05) is 18.3 Å². The lowest BCUT2D eigenvalue weighted by Crippen LogP contribution is -1.83. The molecule has 3 aromatic heterocycles. The molecule has 0 saturated heterocycles. The van der Waals surface area contributed by atoms with Crippen LogP contribution in [0.1, 0.15) is 17.5 Å². The van der Waals surface area contributed by atoms with Crippen LogP contribution in [0.2, 0.25) is 0 Å². The van der Waals surface area contributed by atoms with Crippen LogP contribution in [0, 0.1) is 6.92 Å². The number of rotatable bonds is 2. The van der Waals surface area contributed by atoms with Gasteiger partial charge in [-0.25, -0.2) is 9.50 Å². The number of aryl methyl sites for hydroxylation is 2. The van der Waals surface area contributed by atoms with Crippen molar-refractivity contribution >= 4 is 27.6 Å². The fourth-order valence-corrected chi connectivity index (χ4v) is 3.32. The minimum atomic E-state index is 0.974. The molecule has 3 nitrogen and oxygen atoms in total. The summed E-state index contributed by atoms with van der Waals surface area (Å²) in [7, 11) is 0. The van der Waals surface area contributed by atoms with Gasteiger partial charge in [-0.05, 0) is 30.4 Å². The van der Waals surface area contributed by atoms with Gasteiger partial charge in [0.05, 0.1) is 11.1 Å². The standard InChI is InChI=1S/C11H11N3S2/c1-3-9-13-14-6-8(12-11(14)16-9)10-7(2)4-5-15-10/h4-6H,3H2,1-2H3. The molecule has 0 aromatic carbocycles. The van der Waals surface area contributed by atoms with Crippen molar-refractivity contribution in [2.45, 2.75) is 20.3 Å². The van der Waals surface area contributed by atoms with Crippen molar-refractivity contribution in [1.82, 2.24) is 14.6 Å². The maximum Gasteiger partial charge on any atom is 0.212 e. The van der Waals surface area contributed by atoms with Gasteiger partial charge in [-0.15, -0.1) is 11.3 Å². The summed E-state index contributed by atoms with van der Waals surface area (Å²) in [6.45, 7) is 4.23. The smallest absolute Gasteiger partial charge is 0.212 e. The first-order chi connectivity index (χ1) is 7.78. The zero-order valence-corrected chi connectivity index (χ0v) is 10.7. The van der Waals surface area contributed by atoms with Crippen LogP contribution >= 0.6 is 22.7 Å². The molecule has 0 unspecified atom stereocenters. The second kappa shape index (κ2) is 3.68. The molecule has 3 rings (SSSR count). The third-order valence-corrected chi connectivity index (χ3v) is 4.59. The van der Waals surface area contributed by atoms with Gasteiger partial charge < -0.3 is 0 Å². The van der Waals surface area contributed by atoms with Crippen LogP contribution in [0.3, 0.4) is 0 Å². The molecule has 5 heteroatoms. The summed E-state index contributed by atoms with van der Waals surface area (Å²) >= 11 is 3.40. The minimum absolute atomic E-state index is 0.974. The molecule has 3 heterocycles. The molecule has 82 valence electrons. The average Bonchev–Trinajstić information content (AvgIpc) is 2.89. The molecule has 0 aliphatic carbocycles. The Hall–Kier alpha value is -1.20. The number of hydrogen-bond donors (Lipinski definition) is 0. The highest BCUT2D eigenvalue weighted by Crippen LogP contribution is 2.29. The van der Waals surface area contributed by atoms with E-state index in [9.17, 15) is 0 Å². The molecule has 0 aliphatic heterocycles. The Kier molecular flexibility index (Phi) is 2.29. The molecule has 0 amide bonds. The predicted molar refractivity (Wildman–Crippen MR) is 68.3 cm³/mol. The Labute approximate surface area is 101 Å². The van der Waals surface area contributed by atoms with Gasteiger partial charge in [0.25, 0.3) is 0 Å². The number of imidazole rings is 1. The second-order valence-corrected chi connectivity index (χ2v) is 5.59. The van der Waals surface area contributed by atoms with Crippen LogP contribution in [0.25, 0.3) is 15.5 Å². The Bertz CT molecular complexity index is 601. The molecule has 0 fully saturated rings. The Morgan fingerprint density at radius 2 is 2.31 bits per heavy atom. The van der Waals surface area contributed by atoms with Gasteiger partial charge in [0.15, 0.2) is 0 Å². The van der Waals surface area contributed by atoms with E-state index in [2.05, 4.69) is 35.4 Å². The topological polar surface area (TPSA) is 30.2 Å². The van der Waals surface area contributed by atoms with Crippen LogP contribution in [-0.4, -0.2) is 14.6 Å². The minimum Gasteiger partial charge on any atom is -0.217 e. The van der Waals surface area contributed by atoms with Gasteiger partial charge in [0, 0.05) is 0 Å². The van der Waals surface area contributed by atoms with E-state index < -0.39 is 0 Å². The molecule has 3 aromatic rings. The predicted octanol–water partition coefficient (Wildman–Crippen LogP) is 3.39. The summed E-state index contributed by atoms with van der Waals surface area (Å²) in [5.74, 6) is 0. The molecule has 0 saturated carbocycles. The molecule has 0 aliphatic rings. The highest BCUT2D eigenvalue weighted by Gasteiger charge is 2.11. The Morgan fingerprint density at radius 1 is 1.44 bits per heavy atom. The fourth-order valence-electron chi connectivity index (χ4n) is 1.63. The lowest BCUT2D eigenvalue weighted by Gasteiger charge is -1.91. The van der Waals surface area contributed by atoms with Crippen LogP contribution in [0.15, 0.2) is 17.6 Å². The number of nitrogens with zero attached hydrogens (tertiary/aromatic N) is 3. The van der Waals surface area contributed by atoms with Gasteiger partial charge >= 0.3 is 0 Å². The summed E-state index contributed by atoms with van der Waals surface area (Å²) in [4.78, 5) is 6.85. The van der Waals surface area contributed by atoms with E-state index in [1.807, 2.05) is 10.7 Å². The van der Waals surface area contributed by atoms with Gasteiger partial charge in [0.1, 0.15) is 10.7 Å². The number of thiophene rings is 1. The maximum absolute atomic E-state index is 4.61. The highest BCUT2D eigenvalue weighted by molar-refractivity contribution is 7.16. The molecule has 16 heavy (non-hydrogen) atoms. The van der Waals surface area contributed by atoms with Crippen molar-refractivity contribution in [2.24, 2.45) is 0 Å². The molecule has 0 atom stereocenters. The van der Waals surface area contributed by atoms with Crippen LogP contribution in [-0.2, 0) is 6.42 Å². The molecular formula is C11H11N3S2. The van der Waals surface area contributed by atoms with E-state index in [-0.39, 0.29) is 0 Å². The maximum atomic E-state index is 4.61. The Balaban J connectivity index is 2.13. The first-order valence-corrected chi connectivity index (χ1v) is 6.87. The SMILES string of the molecule is CCc1nn2cc(-c3sccc3C)nc2s1. The largest absolute Gasteiger partial charge is 0.217 e. The van der Waals surface area contributed by atoms with Crippen molar-refractivity contribution in [3.63, 3.8) is 0 Å². The van der Waals surface area contributed by atoms with Gasteiger partial charge in [-0.2, -0.15) is 5.10 Å². The lowest BCUT2D eigenvalue weighted by atomic mass is 10.2. The summed E-state index contributed by atoms with van der Waals surface area (Å²) in [6, 6.07) is 2.12. The van der Waals surface area contributed by atoms with Crippen molar-refractivity contribution in [3.05, 3.63) is 28.2 Å². The molecule has 0 spiro atoms. The third kappa shape index (κ3) is 1.47. The van der Waals surface area contributed by atoms with Crippen molar-refractivity contribution < 1.29 is 0 Å². The van der Waals surface area contributed by atoms with Crippen molar-refractivity contribution in [2.75, 3.05) is 0 Å². The van der Waals surface area contributed by atoms with E-state index >= 15 is 0 Å². The monoisotopic (exact) mass is 249 g/mol. The Morgan fingerprint density at radius 3 is 2.94 bits per heavy atom. The van der Waals surface area contributed by atoms with E-state index in [0.717, 1.165) is 22.1 Å². The van der Waals surface area contributed by atoms with Crippen molar-refractivity contribution in [3.8, 4) is 10.6 Å². The highest BCUT2D eigenvalue weighted by atomic mass is 32.1. The number of fused-ring (bicyclic) bond motifs is 1. The van der Waals surface area contributed by atoms with Crippen LogP contribution in [0.4, 0.5) is 0 Å². The van der Waals surface area contributed by atoms with E-state index in [0.29, 0.717) is 0 Å². The zero-order chi connectivity index (χ0) is 11.1. The third-order valence-electron chi connectivity index (χ3n) is 2.48. The summed E-state index contributed by atoms with van der Waals surface area (Å²) in [5.41, 5.74) is 2.32. The first kappa shape index (κ1) is 9.99. The molecule has 0 bridgehead atoms. The summed E-state index contributed by atoms with van der Waals surface area (Å²) < 4.78 is 1.89. The lowest BCUT2D eigenvalue weighted by molar-refractivity contribution is 0.910. The van der Waals surface area contributed by atoms with Gasteiger partial charge in [0.2, 0.25) is 4.96 Å². The van der Waals surface area contributed by atoms with Crippen LogP contribution < -0.4 is 0 Å². The number of aromatic nitrogens is 3. The average molecular weight is 249 g/mol. The summed E-state index contributed by atoms with van der Waals surface area (Å²) in [5, 5.41) is 7.70. The van der Waals surface area contributed by atoms with E-state index in [1.54, 1.807) is 22.7 Å². The fraction of sp³-hybridized carbons (Fsp3) is 0.273. The molecule has 0 N–H and O–H groups in total. The van der Waals surface area contributed by atoms with Gasteiger partial charge in [-0.3, -0.25) is 0 Å². The van der Waals surface area contributed by atoms with Crippen molar-refractivity contribution in [1.29, 1.82) is 0 Å². The quantitative estimate of drug-likeness (QED) is 0.697. The second-order valence-electron chi connectivity index (χ2n) is 3.64. The first-order valence-electron chi connectivity index (χ1n) is 5.17. The summed E-state index contributed by atoms with van der Waals surface area (Å²) in [6.07, 6.45) is 2.99.